The van der Waals surface area contributed by atoms with Crippen LogP contribution in [0, 0.1) is 5.92 Å². The number of carbonyl (C=O) groups is 1. The molecule has 1 aliphatic rings. The number of primary amides is 1. The molecule has 1 amide bonds. The Morgan fingerprint density at radius 2 is 2.00 bits per heavy atom. The molecule has 5 heteroatoms. The first-order valence-electron chi connectivity index (χ1n) is 7.27. The third-order valence-electron chi connectivity index (χ3n) is 4.21. The number of carbonyl (C=O) groups excluding carboxylic acids is 1. The Kier molecular flexibility index (Phi) is 6.23. The van der Waals surface area contributed by atoms with Crippen molar-refractivity contribution >= 4 is 5.91 Å². The lowest BCUT2D eigenvalue weighted by Crippen LogP contribution is -2.49. The fourth-order valence-corrected chi connectivity index (χ4v) is 2.62. The maximum atomic E-state index is 11.1. The molecule has 0 saturated carbocycles. The van der Waals surface area contributed by atoms with E-state index >= 15 is 0 Å². The molecule has 0 bridgehead atoms. The van der Waals surface area contributed by atoms with E-state index in [1.54, 1.807) is 6.92 Å². The fraction of sp³-hybridized carbons (Fsp3) is 0.929. The van der Waals surface area contributed by atoms with Gasteiger partial charge in [0.25, 0.3) is 0 Å². The van der Waals surface area contributed by atoms with Crippen molar-refractivity contribution in [2.45, 2.75) is 38.1 Å². The molecule has 0 aromatic heterocycles. The van der Waals surface area contributed by atoms with Gasteiger partial charge in [-0.15, -0.1) is 0 Å². The summed E-state index contributed by atoms with van der Waals surface area (Å²) in [6.45, 7) is 6.26. The van der Waals surface area contributed by atoms with Crippen molar-refractivity contribution in [3.63, 3.8) is 0 Å². The molecular formula is C14H30N4O. The summed E-state index contributed by atoms with van der Waals surface area (Å²) < 4.78 is 0. The van der Waals surface area contributed by atoms with Crippen LogP contribution in [0.15, 0.2) is 0 Å². The molecule has 1 rings (SSSR count). The molecule has 1 atom stereocenters. The maximum Gasteiger partial charge on any atom is 0.237 e. The highest BCUT2D eigenvalue weighted by Crippen LogP contribution is 2.17. The van der Waals surface area contributed by atoms with Gasteiger partial charge in [-0.2, -0.15) is 0 Å². The molecule has 0 radical (unpaired) electrons. The van der Waals surface area contributed by atoms with Gasteiger partial charge in [-0.3, -0.25) is 4.79 Å². The monoisotopic (exact) mass is 270 g/mol. The van der Waals surface area contributed by atoms with E-state index in [-0.39, 0.29) is 0 Å². The fourth-order valence-electron chi connectivity index (χ4n) is 2.62. The van der Waals surface area contributed by atoms with Gasteiger partial charge in [0, 0.05) is 6.54 Å². The molecule has 0 spiro atoms. The third kappa shape index (κ3) is 5.89. The standard InChI is InChI=1S/C14H30N4O/c1-14(16,13(15)19)7-4-8-18(3)11-12-5-9-17(2)10-6-12/h12H,4-11,16H2,1-3H3,(H2,15,19). The van der Waals surface area contributed by atoms with Gasteiger partial charge in [-0.05, 0) is 72.3 Å². The predicted octanol–water partition coefficient (Wildman–Crippen LogP) is 0.243. The normalized spacial score (nSPS) is 21.5. The number of piperidine rings is 1. The van der Waals surface area contributed by atoms with Crippen LogP contribution in [0.5, 0.6) is 0 Å². The first kappa shape index (κ1) is 16.4. The van der Waals surface area contributed by atoms with E-state index < -0.39 is 11.4 Å². The summed E-state index contributed by atoms with van der Waals surface area (Å²) in [5, 5.41) is 0. The van der Waals surface area contributed by atoms with Gasteiger partial charge in [0.1, 0.15) is 0 Å². The molecule has 19 heavy (non-hydrogen) atoms. The number of rotatable bonds is 7. The molecule has 1 aliphatic heterocycles. The Balaban J connectivity index is 2.18. The molecule has 5 nitrogen and oxygen atoms in total. The Labute approximate surface area is 117 Å². The van der Waals surface area contributed by atoms with Crippen molar-refractivity contribution in [1.82, 2.24) is 9.80 Å². The van der Waals surface area contributed by atoms with Crippen LogP contribution in [0.4, 0.5) is 0 Å². The molecule has 112 valence electrons. The van der Waals surface area contributed by atoms with E-state index in [4.69, 9.17) is 11.5 Å². The minimum atomic E-state index is -0.867. The summed E-state index contributed by atoms with van der Waals surface area (Å²) >= 11 is 0. The van der Waals surface area contributed by atoms with Gasteiger partial charge in [-0.1, -0.05) is 0 Å². The molecular weight excluding hydrogens is 240 g/mol. The van der Waals surface area contributed by atoms with Crippen LogP contribution in [0.3, 0.4) is 0 Å². The van der Waals surface area contributed by atoms with Gasteiger partial charge in [0.15, 0.2) is 0 Å². The topological polar surface area (TPSA) is 75.6 Å². The first-order valence-corrected chi connectivity index (χ1v) is 7.27. The summed E-state index contributed by atoms with van der Waals surface area (Å²) in [4.78, 5) is 15.9. The van der Waals surface area contributed by atoms with E-state index in [9.17, 15) is 4.79 Å². The molecule has 4 N–H and O–H groups in total. The smallest absolute Gasteiger partial charge is 0.237 e. The van der Waals surface area contributed by atoms with E-state index in [0.29, 0.717) is 6.42 Å². The number of likely N-dealkylation sites (tertiary alicyclic amines) is 1. The van der Waals surface area contributed by atoms with Crippen molar-refractivity contribution in [3.8, 4) is 0 Å². The highest BCUT2D eigenvalue weighted by Gasteiger charge is 2.25. The van der Waals surface area contributed by atoms with Crippen LogP contribution >= 0.6 is 0 Å². The minimum absolute atomic E-state index is 0.412. The van der Waals surface area contributed by atoms with E-state index in [1.807, 2.05) is 0 Å². The van der Waals surface area contributed by atoms with Crippen molar-refractivity contribution in [3.05, 3.63) is 0 Å². The lowest BCUT2D eigenvalue weighted by molar-refractivity contribution is -0.122. The predicted molar refractivity (Wildman–Crippen MR) is 78.7 cm³/mol. The maximum absolute atomic E-state index is 11.1. The summed E-state index contributed by atoms with van der Waals surface area (Å²) in [6.07, 6.45) is 4.15. The molecule has 0 aromatic carbocycles. The van der Waals surface area contributed by atoms with Crippen molar-refractivity contribution < 1.29 is 4.79 Å². The Morgan fingerprint density at radius 3 is 2.53 bits per heavy atom. The number of nitrogens with two attached hydrogens (primary N) is 2. The summed E-state index contributed by atoms with van der Waals surface area (Å²) in [5.74, 6) is 0.395. The average Bonchev–Trinajstić information content (AvgIpc) is 2.31. The lowest BCUT2D eigenvalue weighted by atomic mass is 9.95. The molecule has 0 aliphatic carbocycles. The molecule has 1 saturated heterocycles. The van der Waals surface area contributed by atoms with Gasteiger partial charge in [0.05, 0.1) is 5.54 Å². The number of amides is 1. The third-order valence-corrected chi connectivity index (χ3v) is 4.21. The first-order chi connectivity index (χ1) is 8.81. The molecule has 1 fully saturated rings. The van der Waals surface area contributed by atoms with Gasteiger partial charge in [-0.25, -0.2) is 0 Å². The zero-order valence-corrected chi connectivity index (χ0v) is 12.7. The van der Waals surface area contributed by atoms with E-state index in [2.05, 4.69) is 23.9 Å². The van der Waals surface area contributed by atoms with Crippen molar-refractivity contribution in [2.24, 2.45) is 17.4 Å². The molecule has 0 aromatic rings. The summed E-state index contributed by atoms with van der Waals surface area (Å²) in [6, 6.07) is 0. The Morgan fingerprint density at radius 1 is 1.42 bits per heavy atom. The van der Waals surface area contributed by atoms with Crippen molar-refractivity contribution in [2.75, 3.05) is 40.3 Å². The SMILES string of the molecule is CN1CCC(CN(C)CCCC(C)(N)C(N)=O)CC1. The number of nitrogens with zero attached hydrogens (tertiary/aromatic N) is 2. The second kappa shape index (κ2) is 7.22. The van der Waals surface area contributed by atoms with Crippen LogP contribution in [-0.2, 0) is 4.79 Å². The van der Waals surface area contributed by atoms with E-state index in [0.717, 1.165) is 25.4 Å². The minimum Gasteiger partial charge on any atom is -0.368 e. The van der Waals surface area contributed by atoms with Crippen LogP contribution in [0.2, 0.25) is 0 Å². The zero-order chi connectivity index (χ0) is 14.5. The van der Waals surface area contributed by atoms with Crippen LogP contribution in [0.25, 0.3) is 0 Å². The lowest BCUT2D eigenvalue weighted by Gasteiger charge is -2.32. The van der Waals surface area contributed by atoms with Gasteiger partial charge >= 0.3 is 0 Å². The highest BCUT2D eigenvalue weighted by atomic mass is 16.1. The van der Waals surface area contributed by atoms with Gasteiger partial charge < -0.3 is 21.3 Å². The number of hydrogen-bond acceptors (Lipinski definition) is 4. The van der Waals surface area contributed by atoms with Crippen LogP contribution < -0.4 is 11.5 Å². The Hall–Kier alpha value is -0.650. The molecule has 1 heterocycles. The average molecular weight is 270 g/mol. The second-order valence-corrected chi connectivity index (χ2v) is 6.39. The summed E-state index contributed by atoms with van der Waals surface area (Å²) in [5.41, 5.74) is 10.2. The largest absolute Gasteiger partial charge is 0.368 e. The van der Waals surface area contributed by atoms with Crippen LogP contribution in [-0.4, -0.2) is 61.5 Å². The van der Waals surface area contributed by atoms with E-state index in [1.165, 1.54) is 25.9 Å². The summed E-state index contributed by atoms with van der Waals surface area (Å²) in [7, 11) is 4.34. The Bertz CT molecular complexity index is 285. The van der Waals surface area contributed by atoms with Gasteiger partial charge in [0.2, 0.25) is 5.91 Å². The molecule has 1 unspecified atom stereocenters. The zero-order valence-electron chi connectivity index (χ0n) is 12.7. The highest BCUT2D eigenvalue weighted by molar-refractivity contribution is 5.83. The van der Waals surface area contributed by atoms with Crippen LogP contribution in [0.1, 0.15) is 32.6 Å². The quantitative estimate of drug-likeness (QED) is 0.695. The second-order valence-electron chi connectivity index (χ2n) is 6.39. The van der Waals surface area contributed by atoms with Crippen molar-refractivity contribution in [1.29, 1.82) is 0 Å². The number of hydrogen-bond donors (Lipinski definition) is 2.